The minimum Gasteiger partial charge on any atom is -0.467 e. The first-order valence-corrected chi connectivity index (χ1v) is 7.46. The predicted molar refractivity (Wildman–Crippen MR) is 77.2 cm³/mol. The minimum absolute atomic E-state index is 0.116. The molecule has 116 valence electrons. The molecule has 1 aliphatic carbocycles. The standard InChI is InChI=1S/C16H18N2O4/c19-14(17-10-11-4-3-9-22-11)7-8-18-15(20)12-5-1-2-6-13(12)16(18)21/h1-4,9,12-13H,5-8,10H2,(H,17,19)/t12-,13-/m0/s1. The fourth-order valence-electron chi connectivity index (χ4n) is 2.99. The highest BCUT2D eigenvalue weighted by Gasteiger charge is 2.46. The number of hydrogen-bond donors (Lipinski definition) is 1. The molecule has 2 atom stereocenters. The van der Waals surface area contributed by atoms with Crippen LogP contribution in [0.25, 0.3) is 0 Å². The topological polar surface area (TPSA) is 79.6 Å². The zero-order chi connectivity index (χ0) is 15.5. The van der Waals surface area contributed by atoms with E-state index in [-0.39, 0.29) is 42.5 Å². The Morgan fingerprint density at radius 1 is 1.23 bits per heavy atom. The molecule has 0 spiro atoms. The molecule has 2 aliphatic rings. The molecule has 22 heavy (non-hydrogen) atoms. The summed E-state index contributed by atoms with van der Waals surface area (Å²) in [4.78, 5) is 37.5. The van der Waals surface area contributed by atoms with Crippen LogP contribution < -0.4 is 5.32 Å². The van der Waals surface area contributed by atoms with Gasteiger partial charge in [-0.2, -0.15) is 0 Å². The van der Waals surface area contributed by atoms with Gasteiger partial charge in [-0.3, -0.25) is 19.3 Å². The number of amides is 3. The molecule has 0 radical (unpaired) electrons. The molecule has 0 aromatic carbocycles. The first-order valence-electron chi connectivity index (χ1n) is 7.46. The Labute approximate surface area is 128 Å². The van der Waals surface area contributed by atoms with Crippen LogP contribution in [0.15, 0.2) is 35.0 Å². The van der Waals surface area contributed by atoms with Crippen LogP contribution >= 0.6 is 0 Å². The van der Waals surface area contributed by atoms with Gasteiger partial charge in [0, 0.05) is 13.0 Å². The Morgan fingerprint density at radius 3 is 2.50 bits per heavy atom. The summed E-state index contributed by atoms with van der Waals surface area (Å²) in [6, 6.07) is 3.52. The molecule has 3 amide bonds. The van der Waals surface area contributed by atoms with E-state index in [0.717, 1.165) is 0 Å². The average Bonchev–Trinajstić information content (AvgIpc) is 3.13. The Hall–Kier alpha value is -2.37. The van der Waals surface area contributed by atoms with E-state index < -0.39 is 0 Å². The molecule has 2 heterocycles. The number of hydrogen-bond acceptors (Lipinski definition) is 4. The molecule has 1 aliphatic heterocycles. The van der Waals surface area contributed by atoms with Gasteiger partial charge in [0.15, 0.2) is 0 Å². The van der Waals surface area contributed by atoms with E-state index in [9.17, 15) is 14.4 Å². The van der Waals surface area contributed by atoms with Gasteiger partial charge in [0.25, 0.3) is 0 Å². The van der Waals surface area contributed by atoms with Crippen molar-refractivity contribution in [2.45, 2.75) is 25.8 Å². The lowest BCUT2D eigenvalue weighted by Gasteiger charge is -2.14. The van der Waals surface area contributed by atoms with E-state index in [1.807, 2.05) is 12.2 Å². The maximum Gasteiger partial charge on any atom is 0.233 e. The van der Waals surface area contributed by atoms with Crippen LogP contribution in [0, 0.1) is 11.8 Å². The van der Waals surface area contributed by atoms with Gasteiger partial charge in [0.1, 0.15) is 5.76 Å². The van der Waals surface area contributed by atoms with E-state index in [1.54, 1.807) is 18.4 Å². The summed E-state index contributed by atoms with van der Waals surface area (Å²) >= 11 is 0. The number of imide groups is 1. The number of rotatable bonds is 5. The zero-order valence-electron chi connectivity index (χ0n) is 12.2. The number of fused-ring (bicyclic) bond motifs is 1. The first-order chi connectivity index (χ1) is 10.7. The van der Waals surface area contributed by atoms with Gasteiger partial charge in [0.05, 0.1) is 24.6 Å². The van der Waals surface area contributed by atoms with Crippen LogP contribution in [0.1, 0.15) is 25.0 Å². The van der Waals surface area contributed by atoms with Crippen molar-refractivity contribution in [2.75, 3.05) is 6.54 Å². The third-order valence-corrected chi connectivity index (χ3v) is 4.20. The summed E-state index contributed by atoms with van der Waals surface area (Å²) < 4.78 is 5.12. The van der Waals surface area contributed by atoms with E-state index in [0.29, 0.717) is 25.1 Å². The second kappa shape index (κ2) is 6.17. The summed E-state index contributed by atoms with van der Waals surface area (Å²) in [5.41, 5.74) is 0. The summed E-state index contributed by atoms with van der Waals surface area (Å²) in [5, 5.41) is 2.71. The van der Waals surface area contributed by atoms with E-state index >= 15 is 0 Å². The van der Waals surface area contributed by atoms with Crippen molar-refractivity contribution >= 4 is 17.7 Å². The van der Waals surface area contributed by atoms with Crippen molar-refractivity contribution in [3.63, 3.8) is 0 Å². The van der Waals surface area contributed by atoms with Crippen molar-refractivity contribution in [3.05, 3.63) is 36.3 Å². The largest absolute Gasteiger partial charge is 0.467 e. The molecule has 1 aromatic heterocycles. The molecule has 1 N–H and O–H groups in total. The van der Waals surface area contributed by atoms with Crippen LogP contribution in [-0.4, -0.2) is 29.2 Å². The maximum atomic E-state index is 12.2. The minimum atomic E-state index is -0.233. The van der Waals surface area contributed by atoms with E-state index in [4.69, 9.17) is 4.42 Å². The second-order valence-corrected chi connectivity index (χ2v) is 5.59. The lowest BCUT2D eigenvalue weighted by molar-refractivity contribution is -0.140. The number of nitrogens with zero attached hydrogens (tertiary/aromatic N) is 1. The molecule has 1 aromatic rings. The van der Waals surface area contributed by atoms with Gasteiger partial charge in [0.2, 0.25) is 17.7 Å². The predicted octanol–water partition coefficient (Wildman–Crippen LogP) is 1.24. The van der Waals surface area contributed by atoms with Gasteiger partial charge in [-0.25, -0.2) is 0 Å². The number of carbonyl (C=O) groups is 3. The van der Waals surface area contributed by atoms with Crippen molar-refractivity contribution in [1.82, 2.24) is 10.2 Å². The highest BCUT2D eigenvalue weighted by atomic mass is 16.3. The van der Waals surface area contributed by atoms with Crippen LogP contribution in [-0.2, 0) is 20.9 Å². The Bertz CT molecular complexity index is 580. The number of nitrogens with one attached hydrogen (secondary N) is 1. The van der Waals surface area contributed by atoms with Gasteiger partial charge < -0.3 is 9.73 Å². The second-order valence-electron chi connectivity index (χ2n) is 5.59. The van der Waals surface area contributed by atoms with Crippen molar-refractivity contribution in [3.8, 4) is 0 Å². The molecular weight excluding hydrogens is 284 g/mol. The quantitative estimate of drug-likeness (QED) is 0.655. The van der Waals surface area contributed by atoms with Crippen molar-refractivity contribution < 1.29 is 18.8 Å². The Morgan fingerprint density at radius 2 is 1.91 bits per heavy atom. The van der Waals surface area contributed by atoms with Gasteiger partial charge in [-0.1, -0.05) is 12.2 Å². The van der Waals surface area contributed by atoms with E-state index in [2.05, 4.69) is 5.32 Å². The van der Waals surface area contributed by atoms with Crippen LogP contribution in [0.4, 0.5) is 0 Å². The van der Waals surface area contributed by atoms with Gasteiger partial charge in [-0.15, -0.1) is 0 Å². The van der Waals surface area contributed by atoms with E-state index in [1.165, 1.54) is 4.90 Å². The number of carbonyl (C=O) groups excluding carboxylic acids is 3. The van der Waals surface area contributed by atoms with Crippen LogP contribution in [0.5, 0.6) is 0 Å². The third-order valence-electron chi connectivity index (χ3n) is 4.20. The van der Waals surface area contributed by atoms with Crippen molar-refractivity contribution in [2.24, 2.45) is 11.8 Å². The monoisotopic (exact) mass is 302 g/mol. The summed E-state index contributed by atoms with van der Waals surface area (Å²) in [6.45, 7) is 0.456. The first kappa shape index (κ1) is 14.6. The smallest absolute Gasteiger partial charge is 0.233 e. The summed E-state index contributed by atoms with van der Waals surface area (Å²) in [7, 11) is 0. The van der Waals surface area contributed by atoms with Gasteiger partial charge in [-0.05, 0) is 25.0 Å². The fourth-order valence-corrected chi connectivity index (χ4v) is 2.99. The van der Waals surface area contributed by atoms with Crippen LogP contribution in [0.2, 0.25) is 0 Å². The lowest BCUT2D eigenvalue weighted by Crippen LogP contribution is -2.35. The summed E-state index contributed by atoms with van der Waals surface area (Å²) in [5.74, 6) is -0.285. The maximum absolute atomic E-state index is 12.2. The van der Waals surface area contributed by atoms with Gasteiger partial charge >= 0.3 is 0 Å². The average molecular weight is 302 g/mol. The lowest BCUT2D eigenvalue weighted by atomic mass is 9.85. The molecule has 6 heteroatoms. The SMILES string of the molecule is O=C(CCN1C(=O)[C@H]2CC=CC[C@@H]2C1=O)NCc1ccco1. The highest BCUT2D eigenvalue weighted by Crippen LogP contribution is 2.34. The normalized spacial score (nSPS) is 23.7. The molecule has 3 rings (SSSR count). The Balaban J connectivity index is 1.50. The molecule has 6 nitrogen and oxygen atoms in total. The molecular formula is C16H18N2O4. The van der Waals surface area contributed by atoms with Crippen LogP contribution in [0.3, 0.4) is 0 Å². The molecule has 0 saturated carbocycles. The zero-order valence-corrected chi connectivity index (χ0v) is 12.2. The number of likely N-dealkylation sites (tertiary alicyclic amines) is 1. The molecule has 1 fully saturated rings. The fraction of sp³-hybridized carbons (Fsp3) is 0.438. The summed E-state index contributed by atoms with van der Waals surface area (Å²) in [6.07, 6.45) is 6.80. The third kappa shape index (κ3) is 2.81. The number of allylic oxidation sites excluding steroid dienone is 2. The number of furan rings is 1. The molecule has 1 saturated heterocycles. The Kier molecular flexibility index (Phi) is 4.09. The molecule has 0 bridgehead atoms. The van der Waals surface area contributed by atoms with Crippen molar-refractivity contribution in [1.29, 1.82) is 0 Å². The highest BCUT2D eigenvalue weighted by molar-refractivity contribution is 6.05. The molecule has 0 unspecified atom stereocenters.